The summed E-state index contributed by atoms with van der Waals surface area (Å²) in [5, 5.41) is 8.54. The molecule has 3 aliphatic rings. The maximum Gasteiger partial charge on any atom is 0.246 e. The van der Waals surface area contributed by atoms with Crippen LogP contribution in [0.25, 0.3) is 0 Å². The standard InChI is InChI=1S/C19H33N5O4.C10H12.C2H6/c1-11(21-3)18(27)23-16(13-7-5-4-6-8-13)19(28)24-10-14(22-12(2)25)9-15(24)17(20)26;1-2-6-10-8-4-3-7-9(10)5-1;1-2/h11,13-16,21H,4-10H2,1-3H3,(H2,20,26)(H,22,25)(H,23,27);1-2,5-6H,3-4,7-8H2;1-2H3/t11-,14?,15?,16?;;/m0../s1. The SMILES string of the molecule is CC.CN[C@@H](C)C(=O)NC(C(=O)N1CC(NC(C)=O)CC1C(N)=O)C1CCCCC1.c1ccc2c(c1)CCCC2. The number of hydrogen-bond acceptors (Lipinski definition) is 5. The lowest BCUT2D eigenvalue weighted by Gasteiger charge is -2.34. The summed E-state index contributed by atoms with van der Waals surface area (Å²) in [4.78, 5) is 50.7. The zero-order chi connectivity index (χ0) is 29.7. The first-order valence-electron chi connectivity index (χ1n) is 15.1. The summed E-state index contributed by atoms with van der Waals surface area (Å²) in [5.74, 6) is -1.33. The van der Waals surface area contributed by atoms with Gasteiger partial charge in [0.2, 0.25) is 23.6 Å². The van der Waals surface area contributed by atoms with Gasteiger partial charge in [-0.3, -0.25) is 19.2 Å². The second-order valence-electron chi connectivity index (χ2n) is 10.9. The number of nitrogens with zero attached hydrogens (tertiary/aromatic N) is 1. The van der Waals surface area contributed by atoms with Gasteiger partial charge in [0.25, 0.3) is 0 Å². The van der Waals surface area contributed by atoms with Gasteiger partial charge in [0.05, 0.1) is 6.04 Å². The van der Waals surface area contributed by atoms with Gasteiger partial charge in [-0.05, 0) is 76.0 Å². The molecule has 40 heavy (non-hydrogen) atoms. The molecule has 4 amide bonds. The van der Waals surface area contributed by atoms with Crippen molar-refractivity contribution in [2.24, 2.45) is 11.7 Å². The van der Waals surface area contributed by atoms with Crippen molar-refractivity contribution in [2.75, 3.05) is 13.6 Å². The molecule has 0 radical (unpaired) electrons. The number of carbonyl (C=O) groups is 4. The minimum atomic E-state index is -0.783. The van der Waals surface area contributed by atoms with Gasteiger partial charge in [-0.1, -0.05) is 57.4 Å². The normalized spacial score (nSPS) is 21.8. The lowest BCUT2D eigenvalue weighted by Crippen LogP contribution is -2.58. The maximum absolute atomic E-state index is 13.4. The summed E-state index contributed by atoms with van der Waals surface area (Å²) in [5.41, 5.74) is 8.68. The van der Waals surface area contributed by atoms with Crippen LogP contribution in [0.5, 0.6) is 0 Å². The van der Waals surface area contributed by atoms with Crippen molar-refractivity contribution in [3.8, 4) is 0 Å². The summed E-state index contributed by atoms with van der Waals surface area (Å²) in [6.07, 6.45) is 10.5. The van der Waals surface area contributed by atoms with Gasteiger partial charge < -0.3 is 26.6 Å². The number of likely N-dealkylation sites (tertiary alicyclic amines) is 1. The summed E-state index contributed by atoms with van der Waals surface area (Å²) >= 11 is 0. The molecule has 1 aliphatic heterocycles. The van der Waals surface area contributed by atoms with E-state index >= 15 is 0 Å². The summed E-state index contributed by atoms with van der Waals surface area (Å²) in [7, 11) is 1.68. The third-order valence-corrected chi connectivity index (χ3v) is 8.09. The van der Waals surface area contributed by atoms with Gasteiger partial charge in [0.15, 0.2) is 0 Å². The molecular weight excluding hydrogens is 506 g/mol. The first kappa shape index (κ1) is 33.3. The molecule has 0 spiro atoms. The number of primary amides is 1. The Morgan fingerprint density at radius 1 is 0.950 bits per heavy atom. The minimum Gasteiger partial charge on any atom is -0.368 e. The van der Waals surface area contributed by atoms with E-state index in [9.17, 15) is 19.2 Å². The van der Waals surface area contributed by atoms with Crippen LogP contribution in [0.1, 0.15) is 90.2 Å². The van der Waals surface area contributed by atoms with E-state index in [1.807, 2.05) is 13.8 Å². The number of benzene rings is 1. The molecule has 0 aromatic heterocycles. The van der Waals surface area contributed by atoms with E-state index in [4.69, 9.17) is 5.73 Å². The van der Waals surface area contributed by atoms with Gasteiger partial charge >= 0.3 is 0 Å². The number of aryl methyl sites for hydroxylation is 2. The lowest BCUT2D eigenvalue weighted by molar-refractivity contribution is -0.142. The second kappa shape index (κ2) is 17.0. The predicted octanol–water partition coefficient (Wildman–Crippen LogP) is 2.84. The number of rotatable bonds is 7. The van der Waals surface area contributed by atoms with E-state index in [0.29, 0.717) is 6.42 Å². The van der Waals surface area contributed by atoms with E-state index in [1.165, 1.54) is 37.5 Å². The third kappa shape index (κ3) is 9.61. The molecule has 9 heteroatoms. The van der Waals surface area contributed by atoms with Crippen molar-refractivity contribution in [1.82, 2.24) is 20.9 Å². The monoisotopic (exact) mass is 557 g/mol. The Morgan fingerprint density at radius 3 is 2.02 bits per heavy atom. The van der Waals surface area contributed by atoms with Gasteiger partial charge in [0, 0.05) is 19.5 Å². The Kier molecular flexibility index (Phi) is 14.1. The van der Waals surface area contributed by atoms with Gasteiger partial charge in [-0.15, -0.1) is 0 Å². The second-order valence-corrected chi connectivity index (χ2v) is 10.9. The molecule has 1 aromatic rings. The van der Waals surface area contributed by atoms with E-state index in [0.717, 1.165) is 32.1 Å². The first-order chi connectivity index (χ1) is 19.2. The summed E-state index contributed by atoms with van der Waals surface area (Å²) in [6.45, 7) is 7.34. The number of carbonyl (C=O) groups excluding carboxylic acids is 4. The molecule has 1 aromatic carbocycles. The fourth-order valence-corrected chi connectivity index (χ4v) is 5.85. The zero-order valence-electron chi connectivity index (χ0n) is 25.1. The third-order valence-electron chi connectivity index (χ3n) is 8.09. The predicted molar refractivity (Wildman–Crippen MR) is 158 cm³/mol. The van der Waals surface area contributed by atoms with Crippen molar-refractivity contribution in [3.05, 3.63) is 35.4 Å². The molecule has 2 aliphatic carbocycles. The van der Waals surface area contributed by atoms with E-state index in [2.05, 4.69) is 40.2 Å². The number of fused-ring (bicyclic) bond motifs is 1. The average Bonchev–Trinajstić information content (AvgIpc) is 3.40. The Balaban J connectivity index is 0.000000384. The Bertz CT molecular complexity index is 953. The van der Waals surface area contributed by atoms with Crippen LogP contribution in [0.15, 0.2) is 24.3 Å². The van der Waals surface area contributed by atoms with Crippen molar-refractivity contribution in [1.29, 1.82) is 0 Å². The maximum atomic E-state index is 13.4. The van der Waals surface area contributed by atoms with Gasteiger partial charge in [-0.25, -0.2) is 0 Å². The average molecular weight is 558 g/mol. The van der Waals surface area contributed by atoms with E-state index in [-0.39, 0.29) is 36.2 Å². The van der Waals surface area contributed by atoms with Crippen LogP contribution in [-0.2, 0) is 32.0 Å². The highest BCUT2D eigenvalue weighted by molar-refractivity contribution is 5.93. The molecule has 224 valence electrons. The van der Waals surface area contributed by atoms with Crippen LogP contribution in [0.4, 0.5) is 0 Å². The fourth-order valence-electron chi connectivity index (χ4n) is 5.85. The molecule has 2 fully saturated rings. The summed E-state index contributed by atoms with van der Waals surface area (Å²) < 4.78 is 0. The largest absolute Gasteiger partial charge is 0.368 e. The first-order valence-corrected chi connectivity index (χ1v) is 15.1. The smallest absolute Gasteiger partial charge is 0.246 e. The molecule has 0 bridgehead atoms. The highest BCUT2D eigenvalue weighted by Gasteiger charge is 2.43. The molecular formula is C31H51N5O4. The lowest BCUT2D eigenvalue weighted by atomic mass is 9.83. The van der Waals surface area contributed by atoms with Crippen LogP contribution in [0, 0.1) is 5.92 Å². The number of likely N-dealkylation sites (N-methyl/N-ethyl adjacent to an activating group) is 1. The topological polar surface area (TPSA) is 134 Å². The molecule has 5 N–H and O–H groups in total. The number of hydrogen-bond donors (Lipinski definition) is 4. The Labute approximate surface area is 240 Å². The molecule has 1 heterocycles. The molecule has 9 nitrogen and oxygen atoms in total. The van der Waals surface area contributed by atoms with Gasteiger partial charge in [0.1, 0.15) is 12.1 Å². The van der Waals surface area contributed by atoms with E-state index < -0.39 is 24.0 Å². The van der Waals surface area contributed by atoms with Crippen molar-refractivity contribution in [2.45, 2.75) is 116 Å². The molecule has 4 rings (SSSR count). The van der Waals surface area contributed by atoms with Gasteiger partial charge in [-0.2, -0.15) is 0 Å². The van der Waals surface area contributed by atoms with Crippen molar-refractivity contribution < 1.29 is 19.2 Å². The fraction of sp³-hybridized carbons (Fsp3) is 0.677. The van der Waals surface area contributed by atoms with Crippen LogP contribution >= 0.6 is 0 Å². The highest BCUT2D eigenvalue weighted by atomic mass is 16.2. The Hall–Kier alpha value is -2.94. The number of amides is 4. The molecule has 1 saturated carbocycles. The highest BCUT2D eigenvalue weighted by Crippen LogP contribution is 2.29. The zero-order valence-corrected chi connectivity index (χ0v) is 25.1. The van der Waals surface area contributed by atoms with Crippen LogP contribution in [0.2, 0.25) is 0 Å². The van der Waals surface area contributed by atoms with Crippen LogP contribution in [0.3, 0.4) is 0 Å². The summed E-state index contributed by atoms with van der Waals surface area (Å²) in [6, 6.07) is 6.57. The van der Waals surface area contributed by atoms with Crippen molar-refractivity contribution >= 4 is 23.6 Å². The van der Waals surface area contributed by atoms with Crippen molar-refractivity contribution in [3.63, 3.8) is 0 Å². The molecule has 4 atom stereocenters. The van der Waals surface area contributed by atoms with Crippen LogP contribution in [-0.4, -0.2) is 66.3 Å². The molecule has 3 unspecified atom stereocenters. The minimum absolute atomic E-state index is 0.0302. The number of nitrogens with two attached hydrogens (primary N) is 1. The van der Waals surface area contributed by atoms with E-state index in [1.54, 1.807) is 25.1 Å². The molecule has 1 saturated heterocycles. The quantitative estimate of drug-likeness (QED) is 0.409. The number of nitrogens with one attached hydrogen (secondary N) is 3. The van der Waals surface area contributed by atoms with Crippen LogP contribution < -0.4 is 21.7 Å². The Morgan fingerprint density at radius 2 is 1.52 bits per heavy atom.